The lowest BCUT2D eigenvalue weighted by atomic mass is 10.1. The molecule has 0 fully saturated rings. The van der Waals surface area contributed by atoms with Crippen molar-refractivity contribution in [2.24, 2.45) is 5.16 Å². The van der Waals surface area contributed by atoms with Gasteiger partial charge in [-0.05, 0) is 41.9 Å². The first-order valence-corrected chi connectivity index (χ1v) is 4.66. The minimum Gasteiger partial charge on any atom is -0.399 e. The molecule has 0 amide bonds. The number of hydrogen-bond acceptors (Lipinski definition) is 2. The Morgan fingerprint density at radius 1 is 1.31 bits per heavy atom. The van der Waals surface area contributed by atoms with E-state index in [-0.39, 0.29) is 0 Å². The van der Waals surface area contributed by atoms with Crippen LogP contribution >= 0.6 is 9.24 Å². The highest BCUT2D eigenvalue weighted by Gasteiger charge is 1.99. The van der Waals surface area contributed by atoms with Crippen LogP contribution in [-0.2, 0) is 4.84 Å². The van der Waals surface area contributed by atoms with Crippen molar-refractivity contribution in [2.45, 2.75) is 13.8 Å². The molecule has 0 aliphatic rings. The quantitative estimate of drug-likeness (QED) is 0.400. The first kappa shape index (κ1) is 10.2. The molecule has 1 aromatic rings. The number of nitrogens with zero attached hydrogens (tertiary/aromatic N) is 1. The number of benzene rings is 1. The van der Waals surface area contributed by atoms with Gasteiger partial charge >= 0.3 is 0 Å². The van der Waals surface area contributed by atoms with E-state index in [4.69, 9.17) is 0 Å². The molecule has 0 heterocycles. The standard InChI is InChI=1S/C10H14NOP/c1-7-4-8(2)10(13)5-9(7)6-11-12-3/h4-6H,13H2,1-3H3/b11-6-. The lowest BCUT2D eigenvalue weighted by Crippen LogP contribution is -2.01. The van der Waals surface area contributed by atoms with E-state index in [9.17, 15) is 0 Å². The Hall–Kier alpha value is -0.880. The Morgan fingerprint density at radius 3 is 2.62 bits per heavy atom. The SMILES string of the molecule is CO/N=C\c1cc(P)c(C)cc1C. The molecule has 0 saturated carbocycles. The molecule has 0 bridgehead atoms. The van der Waals surface area contributed by atoms with Gasteiger partial charge < -0.3 is 4.84 Å². The molecule has 0 aliphatic carbocycles. The number of hydrogen-bond donors (Lipinski definition) is 0. The van der Waals surface area contributed by atoms with E-state index in [1.165, 1.54) is 16.4 Å². The zero-order valence-electron chi connectivity index (χ0n) is 8.16. The van der Waals surface area contributed by atoms with E-state index < -0.39 is 0 Å². The van der Waals surface area contributed by atoms with Crippen LogP contribution in [0.5, 0.6) is 0 Å². The monoisotopic (exact) mass is 195 g/mol. The maximum absolute atomic E-state index is 4.63. The highest BCUT2D eigenvalue weighted by atomic mass is 31.0. The first-order chi connectivity index (χ1) is 6.15. The van der Waals surface area contributed by atoms with Gasteiger partial charge in [-0.25, -0.2) is 0 Å². The fourth-order valence-electron chi connectivity index (χ4n) is 1.14. The van der Waals surface area contributed by atoms with Crippen molar-refractivity contribution in [3.05, 3.63) is 28.8 Å². The summed E-state index contributed by atoms with van der Waals surface area (Å²) < 4.78 is 0. The summed E-state index contributed by atoms with van der Waals surface area (Å²) in [5.41, 5.74) is 3.58. The van der Waals surface area contributed by atoms with E-state index in [0.29, 0.717) is 0 Å². The van der Waals surface area contributed by atoms with Gasteiger partial charge in [-0.15, -0.1) is 9.24 Å². The third kappa shape index (κ3) is 2.53. The number of oxime groups is 1. The van der Waals surface area contributed by atoms with Crippen LogP contribution in [0.4, 0.5) is 0 Å². The summed E-state index contributed by atoms with van der Waals surface area (Å²) in [6.07, 6.45) is 1.72. The van der Waals surface area contributed by atoms with Crippen molar-refractivity contribution in [3.8, 4) is 0 Å². The minimum absolute atomic E-state index is 1.09. The molecule has 1 unspecified atom stereocenters. The Kier molecular flexibility index (Phi) is 3.44. The summed E-state index contributed by atoms with van der Waals surface area (Å²) in [6, 6.07) is 4.22. The fraction of sp³-hybridized carbons (Fsp3) is 0.300. The van der Waals surface area contributed by atoms with Gasteiger partial charge in [0.1, 0.15) is 7.11 Å². The largest absolute Gasteiger partial charge is 0.399 e. The van der Waals surface area contributed by atoms with Gasteiger partial charge in [0, 0.05) is 0 Å². The average Bonchev–Trinajstić information content (AvgIpc) is 2.09. The van der Waals surface area contributed by atoms with Crippen molar-refractivity contribution in [1.29, 1.82) is 0 Å². The second-order valence-electron chi connectivity index (χ2n) is 2.98. The second-order valence-corrected chi connectivity index (χ2v) is 3.60. The highest BCUT2D eigenvalue weighted by Crippen LogP contribution is 2.08. The van der Waals surface area contributed by atoms with Crippen molar-refractivity contribution in [1.82, 2.24) is 0 Å². The highest BCUT2D eigenvalue weighted by molar-refractivity contribution is 7.27. The number of aryl methyl sites for hydroxylation is 2. The molecule has 1 atom stereocenters. The molecular weight excluding hydrogens is 181 g/mol. The van der Waals surface area contributed by atoms with Gasteiger partial charge in [-0.3, -0.25) is 0 Å². The van der Waals surface area contributed by atoms with Gasteiger partial charge in [-0.2, -0.15) is 0 Å². The zero-order valence-corrected chi connectivity index (χ0v) is 9.32. The lowest BCUT2D eigenvalue weighted by molar-refractivity contribution is 0.215. The molecule has 0 radical (unpaired) electrons. The second kappa shape index (κ2) is 4.38. The van der Waals surface area contributed by atoms with E-state index >= 15 is 0 Å². The Labute approximate surface area is 81.2 Å². The van der Waals surface area contributed by atoms with Gasteiger partial charge in [-0.1, -0.05) is 11.2 Å². The normalized spacial score (nSPS) is 10.8. The predicted molar refractivity (Wildman–Crippen MR) is 59.9 cm³/mol. The Bertz CT molecular complexity index is 334. The molecule has 3 heteroatoms. The third-order valence-electron chi connectivity index (χ3n) is 1.95. The van der Waals surface area contributed by atoms with Crippen LogP contribution in [0, 0.1) is 13.8 Å². The molecule has 0 spiro atoms. The van der Waals surface area contributed by atoms with E-state index in [2.05, 4.69) is 45.2 Å². The van der Waals surface area contributed by atoms with E-state index in [1.807, 2.05) is 0 Å². The minimum atomic E-state index is 1.09. The molecule has 2 nitrogen and oxygen atoms in total. The fourth-order valence-corrected chi connectivity index (χ4v) is 1.40. The Balaban J connectivity index is 3.08. The van der Waals surface area contributed by atoms with Crippen molar-refractivity contribution < 1.29 is 4.84 Å². The smallest absolute Gasteiger partial charge is 0.106 e. The maximum atomic E-state index is 4.63. The molecule has 70 valence electrons. The van der Waals surface area contributed by atoms with Crippen LogP contribution in [0.25, 0.3) is 0 Å². The molecule has 1 rings (SSSR count). The average molecular weight is 195 g/mol. The van der Waals surface area contributed by atoms with E-state index in [0.717, 1.165) is 5.56 Å². The van der Waals surface area contributed by atoms with Crippen molar-refractivity contribution >= 4 is 20.8 Å². The summed E-state index contributed by atoms with van der Waals surface area (Å²) in [5, 5.41) is 4.94. The van der Waals surface area contributed by atoms with E-state index in [1.54, 1.807) is 13.3 Å². The van der Waals surface area contributed by atoms with Crippen LogP contribution in [0.2, 0.25) is 0 Å². The van der Waals surface area contributed by atoms with Gasteiger partial charge in [0.2, 0.25) is 0 Å². The van der Waals surface area contributed by atoms with Gasteiger partial charge in [0.05, 0.1) is 6.21 Å². The summed E-state index contributed by atoms with van der Waals surface area (Å²) in [5.74, 6) is 0. The molecule has 1 aromatic carbocycles. The third-order valence-corrected chi connectivity index (χ3v) is 2.57. The molecule has 0 N–H and O–H groups in total. The lowest BCUT2D eigenvalue weighted by Gasteiger charge is -2.04. The predicted octanol–water partition coefficient (Wildman–Crippen LogP) is 1.78. The van der Waals surface area contributed by atoms with Crippen LogP contribution in [0.1, 0.15) is 16.7 Å². The van der Waals surface area contributed by atoms with Crippen LogP contribution in [-0.4, -0.2) is 13.3 Å². The summed E-state index contributed by atoms with van der Waals surface area (Å²) in [7, 11) is 4.25. The molecular formula is C10H14NOP. The zero-order chi connectivity index (χ0) is 9.84. The van der Waals surface area contributed by atoms with Crippen LogP contribution in [0.3, 0.4) is 0 Å². The summed E-state index contributed by atoms with van der Waals surface area (Å²) >= 11 is 0. The maximum Gasteiger partial charge on any atom is 0.106 e. The van der Waals surface area contributed by atoms with Crippen molar-refractivity contribution in [3.63, 3.8) is 0 Å². The summed E-state index contributed by atoms with van der Waals surface area (Å²) in [6.45, 7) is 4.15. The first-order valence-electron chi connectivity index (χ1n) is 4.08. The van der Waals surface area contributed by atoms with Crippen molar-refractivity contribution in [2.75, 3.05) is 7.11 Å². The molecule has 13 heavy (non-hydrogen) atoms. The van der Waals surface area contributed by atoms with Crippen LogP contribution in [0.15, 0.2) is 17.3 Å². The summed E-state index contributed by atoms with van der Waals surface area (Å²) in [4.78, 5) is 4.63. The van der Waals surface area contributed by atoms with Gasteiger partial charge in [0.25, 0.3) is 0 Å². The Morgan fingerprint density at radius 2 is 2.00 bits per heavy atom. The van der Waals surface area contributed by atoms with Gasteiger partial charge in [0.15, 0.2) is 0 Å². The molecule has 0 aliphatic heterocycles. The van der Waals surface area contributed by atoms with Crippen LogP contribution < -0.4 is 5.30 Å². The molecule has 0 saturated heterocycles. The molecule has 0 aromatic heterocycles. The number of rotatable bonds is 2. The topological polar surface area (TPSA) is 21.6 Å².